The Morgan fingerprint density at radius 1 is 1.35 bits per heavy atom. The second-order valence-electron chi connectivity index (χ2n) is 5.72. The fourth-order valence-electron chi connectivity index (χ4n) is 3.43. The van der Waals surface area contributed by atoms with Crippen molar-refractivity contribution >= 4 is 29.3 Å². The number of rotatable bonds is 1. The van der Waals surface area contributed by atoms with Crippen molar-refractivity contribution in [1.82, 2.24) is 9.88 Å². The molecule has 4 rings (SSSR count). The van der Waals surface area contributed by atoms with E-state index in [-0.39, 0.29) is 17.7 Å². The largest absolute Gasteiger partial charge is 0.366 e. The van der Waals surface area contributed by atoms with Gasteiger partial charge in [0.25, 0.3) is 0 Å². The van der Waals surface area contributed by atoms with E-state index < -0.39 is 5.72 Å². The molecule has 0 radical (unpaired) electrons. The minimum Gasteiger partial charge on any atom is -0.366 e. The first kappa shape index (κ1) is 16.3. The highest BCUT2D eigenvalue weighted by Gasteiger charge is 2.55. The molecule has 2 aliphatic rings. The van der Waals surface area contributed by atoms with Gasteiger partial charge in [-0.25, -0.2) is 0 Å². The van der Waals surface area contributed by atoms with Crippen molar-refractivity contribution in [2.45, 2.75) is 17.4 Å². The van der Waals surface area contributed by atoms with Gasteiger partial charge in [0.05, 0.1) is 5.25 Å². The van der Waals surface area contributed by atoms with Crippen LogP contribution in [0.15, 0.2) is 47.7 Å². The number of pyridine rings is 1. The molecule has 2 heterocycles. The van der Waals surface area contributed by atoms with E-state index in [1.54, 1.807) is 25.0 Å². The Bertz CT molecular complexity index is 768. The van der Waals surface area contributed by atoms with Crippen molar-refractivity contribution in [2.75, 3.05) is 14.1 Å². The van der Waals surface area contributed by atoms with Crippen molar-refractivity contribution < 1.29 is 5.11 Å². The zero-order valence-corrected chi connectivity index (χ0v) is 14.6. The minimum atomic E-state index is -0.942. The summed E-state index contributed by atoms with van der Waals surface area (Å²) in [7, 11) is 3.69. The van der Waals surface area contributed by atoms with Crippen LogP contribution in [0.4, 0.5) is 0 Å². The minimum absolute atomic E-state index is 0. The number of benzene rings is 1. The van der Waals surface area contributed by atoms with Crippen LogP contribution in [0.25, 0.3) is 11.1 Å². The maximum absolute atomic E-state index is 11.2. The lowest BCUT2D eigenvalue weighted by atomic mass is 9.99. The smallest absolute Gasteiger partial charge is 0.178 e. The monoisotopic (exact) mass is 347 g/mol. The van der Waals surface area contributed by atoms with E-state index >= 15 is 0 Å². The molecule has 1 aliphatic heterocycles. The average molecular weight is 348 g/mol. The van der Waals surface area contributed by atoms with Gasteiger partial charge in [0, 0.05) is 32.1 Å². The predicted octanol–water partition coefficient (Wildman–Crippen LogP) is 2.90. The third-order valence-electron chi connectivity index (χ3n) is 4.59. The molecular formula is C17H18ClN3OS. The number of aromatic nitrogens is 1. The van der Waals surface area contributed by atoms with Gasteiger partial charge >= 0.3 is 0 Å². The number of halogens is 1. The molecule has 1 N–H and O–H groups in total. The van der Waals surface area contributed by atoms with E-state index in [1.807, 2.05) is 30.3 Å². The maximum atomic E-state index is 11.2. The summed E-state index contributed by atoms with van der Waals surface area (Å²) in [6, 6.07) is 10.3. The second-order valence-corrected chi connectivity index (χ2v) is 6.89. The van der Waals surface area contributed by atoms with E-state index in [1.165, 1.54) is 5.56 Å². The number of thioether (sulfide) groups is 1. The van der Waals surface area contributed by atoms with Crippen molar-refractivity contribution in [1.29, 1.82) is 0 Å². The highest BCUT2D eigenvalue weighted by Crippen LogP contribution is 2.51. The Kier molecular flexibility index (Phi) is 4.12. The Morgan fingerprint density at radius 2 is 2.17 bits per heavy atom. The molecule has 0 amide bonds. The molecule has 23 heavy (non-hydrogen) atoms. The van der Waals surface area contributed by atoms with E-state index in [4.69, 9.17) is 0 Å². The summed E-state index contributed by atoms with van der Waals surface area (Å²) >= 11 is 1.66. The molecule has 0 spiro atoms. The van der Waals surface area contributed by atoms with Gasteiger partial charge in [-0.1, -0.05) is 36.0 Å². The lowest BCUT2D eigenvalue weighted by molar-refractivity contribution is -0.0496. The van der Waals surface area contributed by atoms with Crippen LogP contribution in [-0.2, 0) is 12.1 Å². The topological polar surface area (TPSA) is 48.7 Å². The molecule has 1 fully saturated rings. The molecular weight excluding hydrogens is 330 g/mol. The van der Waals surface area contributed by atoms with E-state index in [0.717, 1.165) is 28.3 Å². The fraction of sp³-hybridized carbons (Fsp3) is 0.294. The number of nitrogens with zero attached hydrogens (tertiary/aromatic N) is 3. The molecule has 120 valence electrons. The quantitative estimate of drug-likeness (QED) is 0.861. The number of hydrogen-bond acceptors (Lipinski definition) is 4. The van der Waals surface area contributed by atoms with Gasteiger partial charge in [-0.05, 0) is 29.2 Å². The Hall–Kier alpha value is -1.56. The van der Waals surface area contributed by atoms with Crippen molar-refractivity contribution in [3.8, 4) is 11.1 Å². The van der Waals surface area contributed by atoms with Crippen LogP contribution in [-0.4, -0.2) is 39.5 Å². The lowest BCUT2D eigenvalue weighted by Crippen LogP contribution is -2.44. The van der Waals surface area contributed by atoms with Crippen LogP contribution in [0.1, 0.15) is 11.1 Å². The lowest BCUT2D eigenvalue weighted by Gasteiger charge is -2.31. The molecule has 1 aromatic heterocycles. The second kappa shape index (κ2) is 5.82. The normalized spacial score (nSPS) is 26.8. The number of hydrogen-bond donors (Lipinski definition) is 1. The predicted molar refractivity (Wildman–Crippen MR) is 97.0 cm³/mol. The zero-order valence-electron chi connectivity index (χ0n) is 12.9. The summed E-state index contributed by atoms with van der Waals surface area (Å²) < 4.78 is 0. The fourth-order valence-corrected chi connectivity index (χ4v) is 4.79. The summed E-state index contributed by atoms with van der Waals surface area (Å²) in [4.78, 5) is 10.4. The molecule has 4 nitrogen and oxygen atoms in total. The van der Waals surface area contributed by atoms with Crippen LogP contribution < -0.4 is 0 Å². The number of fused-ring (bicyclic) bond motifs is 3. The first-order chi connectivity index (χ1) is 10.6. The zero-order chi connectivity index (χ0) is 15.3. The Labute approximate surface area is 146 Å². The highest BCUT2D eigenvalue weighted by molar-refractivity contribution is 8.14. The molecule has 2 atom stereocenters. The summed E-state index contributed by atoms with van der Waals surface area (Å²) in [5, 5.41) is 12.2. The molecule has 1 aliphatic carbocycles. The summed E-state index contributed by atoms with van der Waals surface area (Å²) in [5.74, 6) is 0. The highest BCUT2D eigenvalue weighted by atomic mass is 35.5. The van der Waals surface area contributed by atoms with E-state index in [9.17, 15) is 5.11 Å². The molecule has 2 unspecified atom stereocenters. The molecule has 6 heteroatoms. The van der Waals surface area contributed by atoms with Gasteiger partial charge in [0.1, 0.15) is 0 Å². The van der Waals surface area contributed by atoms with Gasteiger partial charge in [-0.2, -0.15) is 0 Å². The maximum Gasteiger partial charge on any atom is 0.178 e. The van der Waals surface area contributed by atoms with Crippen molar-refractivity contribution in [3.05, 3.63) is 53.9 Å². The van der Waals surface area contributed by atoms with E-state index in [0.29, 0.717) is 0 Å². The SMILES string of the molecule is C/N=C1\SC2Cc3cc(-c4cccnc4)ccc3C2(O)N1C.Cl. The molecule has 2 aromatic rings. The molecule has 0 bridgehead atoms. The number of aliphatic hydroxyl groups is 1. The van der Waals surface area contributed by atoms with Crippen LogP contribution in [0.3, 0.4) is 0 Å². The summed E-state index contributed by atoms with van der Waals surface area (Å²) in [6.07, 6.45) is 4.50. The summed E-state index contributed by atoms with van der Waals surface area (Å²) in [5.41, 5.74) is 3.52. The van der Waals surface area contributed by atoms with Gasteiger partial charge in [-0.3, -0.25) is 9.98 Å². The van der Waals surface area contributed by atoms with Crippen molar-refractivity contribution in [3.63, 3.8) is 0 Å². The first-order valence-corrected chi connectivity index (χ1v) is 8.16. The van der Waals surface area contributed by atoms with Crippen LogP contribution >= 0.6 is 24.2 Å². The van der Waals surface area contributed by atoms with Crippen LogP contribution in [0.5, 0.6) is 0 Å². The first-order valence-electron chi connectivity index (χ1n) is 7.28. The standard InChI is InChI=1S/C17H17N3OS.ClH/c1-18-16-20(2)17(21)14-6-5-11(12-4-3-7-19-10-12)8-13(14)9-15(17)22-16;/h3-8,10,15,21H,9H2,1-2H3;1H/b18-16-;. The number of aliphatic imine (C=N–C) groups is 1. The molecule has 0 saturated carbocycles. The number of amidine groups is 1. The van der Waals surface area contributed by atoms with Crippen LogP contribution in [0, 0.1) is 0 Å². The third-order valence-corrected chi connectivity index (χ3v) is 6.04. The third kappa shape index (κ3) is 2.26. The Morgan fingerprint density at radius 3 is 2.87 bits per heavy atom. The van der Waals surface area contributed by atoms with Gasteiger partial charge in [0.15, 0.2) is 10.9 Å². The Balaban J connectivity index is 0.00000156. The van der Waals surface area contributed by atoms with Crippen LogP contribution in [0.2, 0.25) is 0 Å². The molecule has 1 aromatic carbocycles. The van der Waals surface area contributed by atoms with Gasteiger partial charge in [0.2, 0.25) is 0 Å². The van der Waals surface area contributed by atoms with Crippen molar-refractivity contribution in [2.24, 2.45) is 4.99 Å². The summed E-state index contributed by atoms with van der Waals surface area (Å²) in [6.45, 7) is 0. The van der Waals surface area contributed by atoms with E-state index in [2.05, 4.69) is 28.2 Å². The average Bonchev–Trinajstić information content (AvgIpc) is 2.98. The van der Waals surface area contributed by atoms with Gasteiger partial charge < -0.3 is 10.0 Å². The molecule has 1 saturated heterocycles. The van der Waals surface area contributed by atoms with Gasteiger partial charge in [-0.15, -0.1) is 12.4 Å².